The van der Waals surface area contributed by atoms with Gasteiger partial charge in [0.25, 0.3) is 0 Å². The van der Waals surface area contributed by atoms with Crippen LogP contribution in [0.25, 0.3) is 0 Å². The van der Waals surface area contributed by atoms with Gasteiger partial charge in [0.2, 0.25) is 5.91 Å². The van der Waals surface area contributed by atoms with Crippen molar-refractivity contribution < 1.29 is 9.90 Å². The molecule has 106 valence electrons. The minimum atomic E-state index is -0.506. The van der Waals surface area contributed by atoms with Gasteiger partial charge in [-0.2, -0.15) is 0 Å². The first-order chi connectivity index (χ1) is 8.97. The van der Waals surface area contributed by atoms with Gasteiger partial charge in [0.05, 0.1) is 11.3 Å². The Morgan fingerprint density at radius 1 is 1.58 bits per heavy atom. The molecule has 1 aliphatic heterocycles. The molecule has 0 atom stereocenters. The Bertz CT molecular complexity index is 454. The lowest BCUT2D eigenvalue weighted by Crippen LogP contribution is -2.60. The predicted octanol–water partition coefficient (Wildman–Crippen LogP) is 1.47. The van der Waals surface area contributed by atoms with Crippen molar-refractivity contribution in [3.8, 4) is 0 Å². The molecule has 0 spiro atoms. The fourth-order valence-electron chi connectivity index (χ4n) is 2.34. The molecule has 6 heteroatoms. The van der Waals surface area contributed by atoms with E-state index in [2.05, 4.69) is 9.88 Å². The van der Waals surface area contributed by atoms with Gasteiger partial charge in [0, 0.05) is 38.5 Å². The summed E-state index contributed by atoms with van der Waals surface area (Å²) in [6, 6.07) is 0. The van der Waals surface area contributed by atoms with E-state index in [1.54, 1.807) is 11.8 Å². The number of likely N-dealkylation sites (tertiary alicyclic amines) is 1. The van der Waals surface area contributed by atoms with Crippen molar-refractivity contribution in [2.75, 3.05) is 24.5 Å². The first-order valence-corrected chi connectivity index (χ1v) is 7.52. The minimum absolute atomic E-state index is 0.0210. The van der Waals surface area contributed by atoms with Crippen LogP contribution in [0.2, 0.25) is 0 Å². The highest BCUT2D eigenvalue weighted by molar-refractivity contribution is 7.14. The lowest BCUT2D eigenvalue weighted by molar-refractivity contribution is -0.116. The standard InChI is InChI=1S/C13H21N3O2S/c1-4-13(18)8-15(9-13)6-11-7-19-12(14-11)16(5-2)10(3)17/h7,18H,4-6,8-9H2,1-3H3. The summed E-state index contributed by atoms with van der Waals surface area (Å²) in [6.07, 6.45) is 0.791. The van der Waals surface area contributed by atoms with Crippen molar-refractivity contribution in [2.24, 2.45) is 0 Å². The molecule has 0 aliphatic carbocycles. The number of aromatic nitrogens is 1. The van der Waals surface area contributed by atoms with Gasteiger partial charge in [-0.25, -0.2) is 4.98 Å². The highest BCUT2D eigenvalue weighted by Crippen LogP contribution is 2.27. The molecular weight excluding hydrogens is 262 g/mol. The number of aliphatic hydroxyl groups is 1. The number of anilines is 1. The van der Waals surface area contributed by atoms with Crippen molar-refractivity contribution in [3.05, 3.63) is 11.1 Å². The largest absolute Gasteiger partial charge is 0.387 e. The summed E-state index contributed by atoms with van der Waals surface area (Å²) in [7, 11) is 0. The maximum absolute atomic E-state index is 11.4. The Hall–Kier alpha value is -0.980. The summed E-state index contributed by atoms with van der Waals surface area (Å²) in [5.74, 6) is 0.0210. The second-order valence-corrected chi connectivity index (χ2v) is 5.94. The number of carbonyl (C=O) groups is 1. The summed E-state index contributed by atoms with van der Waals surface area (Å²) in [5.41, 5.74) is 0.464. The van der Waals surface area contributed by atoms with Crippen molar-refractivity contribution in [3.63, 3.8) is 0 Å². The molecule has 1 saturated heterocycles. The van der Waals surface area contributed by atoms with Crippen LogP contribution in [0.15, 0.2) is 5.38 Å². The third kappa shape index (κ3) is 3.13. The molecule has 0 radical (unpaired) electrons. The zero-order chi connectivity index (χ0) is 14.0. The molecule has 2 rings (SSSR count). The van der Waals surface area contributed by atoms with Crippen LogP contribution in [0.1, 0.15) is 32.9 Å². The fourth-order valence-corrected chi connectivity index (χ4v) is 3.26. The number of hydrogen-bond acceptors (Lipinski definition) is 5. The van der Waals surface area contributed by atoms with E-state index in [4.69, 9.17) is 0 Å². The lowest BCUT2D eigenvalue weighted by Gasteiger charge is -2.45. The van der Waals surface area contributed by atoms with Crippen LogP contribution in [-0.4, -0.2) is 46.1 Å². The molecule has 0 unspecified atom stereocenters. The van der Waals surface area contributed by atoms with E-state index in [1.165, 1.54) is 11.3 Å². The molecule has 5 nitrogen and oxygen atoms in total. The molecule has 0 aromatic carbocycles. The Labute approximate surface area is 117 Å². The van der Waals surface area contributed by atoms with Gasteiger partial charge in [0.1, 0.15) is 0 Å². The molecule has 2 heterocycles. The first kappa shape index (κ1) is 14.4. The van der Waals surface area contributed by atoms with Gasteiger partial charge < -0.3 is 5.11 Å². The fraction of sp³-hybridized carbons (Fsp3) is 0.692. The zero-order valence-electron chi connectivity index (χ0n) is 11.7. The van der Waals surface area contributed by atoms with Crippen molar-refractivity contribution in [1.82, 2.24) is 9.88 Å². The molecule has 0 bridgehead atoms. The van der Waals surface area contributed by atoms with E-state index < -0.39 is 5.60 Å². The Morgan fingerprint density at radius 2 is 2.26 bits per heavy atom. The number of carbonyl (C=O) groups excluding carboxylic acids is 1. The second kappa shape index (κ2) is 5.56. The quantitative estimate of drug-likeness (QED) is 0.889. The highest BCUT2D eigenvalue weighted by atomic mass is 32.1. The minimum Gasteiger partial charge on any atom is -0.387 e. The van der Waals surface area contributed by atoms with Crippen LogP contribution < -0.4 is 4.90 Å². The Balaban J connectivity index is 1.93. The molecule has 1 N–H and O–H groups in total. The summed E-state index contributed by atoms with van der Waals surface area (Å²) < 4.78 is 0. The third-order valence-electron chi connectivity index (χ3n) is 3.55. The highest BCUT2D eigenvalue weighted by Gasteiger charge is 2.39. The molecule has 1 amide bonds. The number of rotatable bonds is 5. The van der Waals surface area contributed by atoms with Crippen LogP contribution >= 0.6 is 11.3 Å². The summed E-state index contributed by atoms with van der Waals surface area (Å²) >= 11 is 1.50. The molecule has 1 aromatic rings. The Kier molecular flexibility index (Phi) is 4.23. The predicted molar refractivity (Wildman–Crippen MR) is 76.3 cm³/mol. The van der Waals surface area contributed by atoms with Gasteiger partial charge in [-0.05, 0) is 13.3 Å². The van der Waals surface area contributed by atoms with Crippen LogP contribution in [0, 0.1) is 0 Å². The van der Waals surface area contributed by atoms with Crippen LogP contribution in [0.3, 0.4) is 0 Å². The van der Waals surface area contributed by atoms with Crippen LogP contribution in [-0.2, 0) is 11.3 Å². The van der Waals surface area contributed by atoms with E-state index >= 15 is 0 Å². The second-order valence-electron chi connectivity index (χ2n) is 5.11. The molecular formula is C13H21N3O2S. The van der Waals surface area contributed by atoms with E-state index in [9.17, 15) is 9.90 Å². The molecule has 1 fully saturated rings. The average molecular weight is 283 g/mol. The van der Waals surface area contributed by atoms with E-state index in [0.717, 1.165) is 23.8 Å². The normalized spacial score (nSPS) is 18.1. The summed E-state index contributed by atoms with van der Waals surface area (Å²) in [6.45, 7) is 8.31. The third-order valence-corrected chi connectivity index (χ3v) is 4.46. The molecule has 0 saturated carbocycles. The molecule has 1 aliphatic rings. The zero-order valence-corrected chi connectivity index (χ0v) is 12.5. The SMILES string of the molecule is CCN(C(C)=O)c1nc(CN2CC(O)(CC)C2)cs1. The van der Waals surface area contributed by atoms with Gasteiger partial charge in [-0.3, -0.25) is 14.6 Å². The van der Waals surface area contributed by atoms with E-state index in [-0.39, 0.29) is 5.91 Å². The van der Waals surface area contributed by atoms with Gasteiger partial charge >= 0.3 is 0 Å². The number of amides is 1. The lowest BCUT2D eigenvalue weighted by atomic mass is 9.91. The topological polar surface area (TPSA) is 56.7 Å². The molecule has 1 aromatic heterocycles. The molecule has 19 heavy (non-hydrogen) atoms. The van der Waals surface area contributed by atoms with Crippen molar-refractivity contribution >= 4 is 22.4 Å². The number of hydrogen-bond donors (Lipinski definition) is 1. The number of thiazole rings is 1. The first-order valence-electron chi connectivity index (χ1n) is 6.64. The van der Waals surface area contributed by atoms with Crippen molar-refractivity contribution in [1.29, 1.82) is 0 Å². The Morgan fingerprint density at radius 3 is 2.79 bits per heavy atom. The van der Waals surface area contributed by atoms with E-state index in [0.29, 0.717) is 19.6 Å². The summed E-state index contributed by atoms with van der Waals surface area (Å²) in [4.78, 5) is 19.8. The monoisotopic (exact) mass is 283 g/mol. The smallest absolute Gasteiger partial charge is 0.225 e. The van der Waals surface area contributed by atoms with Gasteiger partial charge in [0.15, 0.2) is 5.13 Å². The average Bonchev–Trinajstić information content (AvgIpc) is 2.75. The maximum Gasteiger partial charge on any atom is 0.225 e. The van der Waals surface area contributed by atoms with Gasteiger partial charge in [-0.15, -0.1) is 11.3 Å². The summed E-state index contributed by atoms with van der Waals surface area (Å²) in [5, 5.41) is 12.7. The number of nitrogens with zero attached hydrogens (tertiary/aromatic N) is 3. The van der Waals surface area contributed by atoms with Crippen molar-refractivity contribution in [2.45, 2.75) is 39.3 Å². The van der Waals surface area contributed by atoms with Crippen LogP contribution in [0.5, 0.6) is 0 Å². The number of β-amino-alcohol motifs (C(OH)–C–C–N with tert-alkyl or cyclic N) is 1. The van der Waals surface area contributed by atoms with E-state index in [1.807, 2.05) is 19.2 Å². The maximum atomic E-state index is 11.4. The van der Waals surface area contributed by atoms with Gasteiger partial charge in [-0.1, -0.05) is 6.92 Å². The van der Waals surface area contributed by atoms with Crippen LogP contribution in [0.4, 0.5) is 5.13 Å².